The van der Waals surface area contributed by atoms with Crippen LogP contribution in [-0.4, -0.2) is 14.5 Å². The Bertz CT molecular complexity index is 2170. The molecule has 5 heteroatoms. The molecule has 0 amide bonds. The fraction of sp³-hybridized carbons (Fsp3) is 0.105. The molecule has 4 aromatic carbocycles. The van der Waals surface area contributed by atoms with Crippen molar-refractivity contribution >= 4 is 21.9 Å². The third-order valence-electron chi connectivity index (χ3n) is 8.64. The van der Waals surface area contributed by atoms with E-state index in [4.69, 9.17) is 9.72 Å². The molecule has 4 heterocycles. The number of aromatic nitrogens is 3. The van der Waals surface area contributed by atoms with Crippen LogP contribution in [0.3, 0.4) is 0 Å². The Balaban J connectivity index is 1.28. The molecule has 1 atom stereocenters. The van der Waals surface area contributed by atoms with E-state index in [9.17, 15) is 0 Å². The summed E-state index contributed by atoms with van der Waals surface area (Å²) in [4.78, 5) is 9.47. The van der Waals surface area contributed by atoms with Crippen LogP contribution in [-0.2, 0) is 5.41 Å². The van der Waals surface area contributed by atoms with Crippen molar-refractivity contribution < 1.29 is 9.13 Å². The van der Waals surface area contributed by atoms with Gasteiger partial charge in [0.15, 0.2) is 6.17 Å². The number of hydrogen-bond donors (Lipinski definition) is 0. The molecule has 4 nitrogen and oxygen atoms in total. The standard InChI is InChI=1S/C38H28FN3O/c1-38(2)29-16-4-6-19-33(29)43-36-30(38)23-41-37-34(36)28-15-3-5-18-32(28)42(37)27-14-10-13-26(22-27)35(39)25-12-9-11-24(21-25)31-17-7-8-20-40-31/h3-23,35H,1-2H3. The number of benzene rings is 4. The molecule has 0 saturated carbocycles. The zero-order valence-corrected chi connectivity index (χ0v) is 23.8. The van der Waals surface area contributed by atoms with Gasteiger partial charge in [-0.25, -0.2) is 9.37 Å². The summed E-state index contributed by atoms with van der Waals surface area (Å²) in [7, 11) is 0. The van der Waals surface area contributed by atoms with Gasteiger partial charge >= 0.3 is 0 Å². The Morgan fingerprint density at radius 2 is 1.51 bits per heavy atom. The highest BCUT2D eigenvalue weighted by atomic mass is 19.1. The van der Waals surface area contributed by atoms with Crippen LogP contribution in [0.4, 0.5) is 4.39 Å². The Hall–Kier alpha value is -5.29. The molecule has 0 radical (unpaired) electrons. The minimum atomic E-state index is -1.31. The number of fused-ring (bicyclic) bond motifs is 6. The van der Waals surface area contributed by atoms with Gasteiger partial charge in [0.1, 0.15) is 17.1 Å². The summed E-state index contributed by atoms with van der Waals surface area (Å²) in [6.45, 7) is 4.43. The summed E-state index contributed by atoms with van der Waals surface area (Å²) in [5.74, 6) is 1.69. The summed E-state index contributed by atoms with van der Waals surface area (Å²) in [5.41, 5.74) is 7.39. The van der Waals surface area contributed by atoms with Crippen LogP contribution in [0.1, 0.15) is 42.3 Å². The van der Waals surface area contributed by atoms with E-state index in [1.165, 1.54) is 0 Å². The average Bonchev–Trinajstić information content (AvgIpc) is 3.40. The minimum Gasteiger partial charge on any atom is -0.456 e. The lowest BCUT2D eigenvalue weighted by Gasteiger charge is -2.34. The van der Waals surface area contributed by atoms with E-state index in [1.54, 1.807) is 6.20 Å². The molecule has 1 aliphatic rings. The smallest absolute Gasteiger partial charge is 0.150 e. The van der Waals surface area contributed by atoms with Gasteiger partial charge in [0, 0.05) is 45.6 Å². The van der Waals surface area contributed by atoms with Crippen LogP contribution in [0.25, 0.3) is 38.9 Å². The van der Waals surface area contributed by atoms with E-state index < -0.39 is 6.17 Å². The lowest BCUT2D eigenvalue weighted by Crippen LogP contribution is -2.24. The van der Waals surface area contributed by atoms with Crippen LogP contribution >= 0.6 is 0 Å². The molecular weight excluding hydrogens is 533 g/mol. The van der Waals surface area contributed by atoms with E-state index in [0.717, 1.165) is 61.5 Å². The Morgan fingerprint density at radius 1 is 0.744 bits per heavy atom. The van der Waals surface area contributed by atoms with Gasteiger partial charge in [-0.2, -0.15) is 0 Å². The fourth-order valence-electron chi connectivity index (χ4n) is 6.43. The summed E-state index contributed by atoms with van der Waals surface area (Å²) >= 11 is 0. The highest BCUT2D eigenvalue weighted by molar-refractivity contribution is 6.11. The molecule has 0 spiro atoms. The molecule has 3 aromatic heterocycles. The molecule has 0 bridgehead atoms. The number of pyridine rings is 2. The van der Waals surface area contributed by atoms with E-state index in [2.05, 4.69) is 41.6 Å². The molecule has 0 N–H and O–H groups in total. The second-order valence-electron chi connectivity index (χ2n) is 11.6. The summed E-state index contributed by atoms with van der Waals surface area (Å²) in [6, 6.07) is 37.4. The molecule has 7 aromatic rings. The lowest BCUT2D eigenvalue weighted by atomic mass is 9.76. The second-order valence-corrected chi connectivity index (χ2v) is 11.6. The van der Waals surface area contributed by atoms with E-state index in [-0.39, 0.29) is 5.41 Å². The predicted octanol–water partition coefficient (Wildman–Crippen LogP) is 9.73. The summed E-state index contributed by atoms with van der Waals surface area (Å²) in [5, 5.41) is 2.00. The Kier molecular flexibility index (Phi) is 5.70. The summed E-state index contributed by atoms with van der Waals surface area (Å²) < 4.78 is 24.9. The quantitative estimate of drug-likeness (QED) is 0.215. The highest BCUT2D eigenvalue weighted by Crippen LogP contribution is 2.51. The number of rotatable bonds is 4. The number of para-hydroxylation sites is 2. The topological polar surface area (TPSA) is 39.9 Å². The van der Waals surface area contributed by atoms with Crippen molar-refractivity contribution in [3.05, 3.63) is 150 Å². The number of halogens is 1. The van der Waals surface area contributed by atoms with Crippen LogP contribution in [0.2, 0.25) is 0 Å². The largest absolute Gasteiger partial charge is 0.456 e. The molecule has 0 saturated heterocycles. The van der Waals surface area contributed by atoms with Crippen LogP contribution in [0.5, 0.6) is 11.5 Å². The van der Waals surface area contributed by atoms with Crippen LogP contribution in [0.15, 0.2) is 128 Å². The fourth-order valence-corrected chi connectivity index (χ4v) is 6.43. The van der Waals surface area contributed by atoms with Crippen molar-refractivity contribution in [2.45, 2.75) is 25.4 Å². The monoisotopic (exact) mass is 561 g/mol. The van der Waals surface area contributed by atoms with Gasteiger partial charge in [-0.1, -0.05) is 86.6 Å². The molecular formula is C38H28FN3O. The van der Waals surface area contributed by atoms with Gasteiger partial charge in [-0.05, 0) is 53.6 Å². The minimum absolute atomic E-state index is 0.278. The second kappa shape index (κ2) is 9.63. The molecule has 0 fully saturated rings. The van der Waals surface area contributed by atoms with Crippen LogP contribution in [0, 0.1) is 0 Å². The average molecular weight is 562 g/mol. The maximum Gasteiger partial charge on any atom is 0.150 e. The van der Waals surface area contributed by atoms with Gasteiger partial charge in [0.25, 0.3) is 0 Å². The Labute approximate surface area is 249 Å². The van der Waals surface area contributed by atoms with Crippen LogP contribution < -0.4 is 4.74 Å². The van der Waals surface area contributed by atoms with E-state index >= 15 is 4.39 Å². The van der Waals surface area contributed by atoms with Crippen molar-refractivity contribution in [2.24, 2.45) is 0 Å². The molecule has 208 valence electrons. The van der Waals surface area contributed by atoms with Crippen molar-refractivity contribution in [3.8, 4) is 28.4 Å². The van der Waals surface area contributed by atoms with Crippen molar-refractivity contribution in [2.75, 3.05) is 0 Å². The lowest BCUT2D eigenvalue weighted by molar-refractivity contribution is 0.402. The molecule has 0 aliphatic carbocycles. The molecule has 8 rings (SSSR count). The van der Waals surface area contributed by atoms with Crippen molar-refractivity contribution in [1.29, 1.82) is 0 Å². The Morgan fingerprint density at radius 3 is 2.37 bits per heavy atom. The third kappa shape index (κ3) is 3.96. The molecule has 43 heavy (non-hydrogen) atoms. The highest BCUT2D eigenvalue weighted by Gasteiger charge is 2.36. The summed E-state index contributed by atoms with van der Waals surface area (Å²) in [6.07, 6.45) is 2.38. The van der Waals surface area contributed by atoms with Crippen molar-refractivity contribution in [1.82, 2.24) is 14.5 Å². The molecule has 1 unspecified atom stereocenters. The maximum atomic E-state index is 16.2. The van der Waals surface area contributed by atoms with Gasteiger partial charge in [0.05, 0.1) is 16.6 Å². The van der Waals surface area contributed by atoms with E-state index in [1.807, 2.05) is 103 Å². The van der Waals surface area contributed by atoms with Gasteiger partial charge in [-0.15, -0.1) is 0 Å². The molecule has 1 aliphatic heterocycles. The van der Waals surface area contributed by atoms with E-state index in [0.29, 0.717) is 11.1 Å². The van der Waals surface area contributed by atoms with Gasteiger partial charge in [-0.3, -0.25) is 9.55 Å². The van der Waals surface area contributed by atoms with Gasteiger partial charge < -0.3 is 4.74 Å². The zero-order valence-electron chi connectivity index (χ0n) is 23.8. The number of alkyl halides is 1. The zero-order chi connectivity index (χ0) is 29.1. The van der Waals surface area contributed by atoms with Gasteiger partial charge in [0.2, 0.25) is 0 Å². The first-order valence-electron chi connectivity index (χ1n) is 14.5. The first-order chi connectivity index (χ1) is 21.0. The normalized spacial score (nSPS) is 14.2. The predicted molar refractivity (Wildman–Crippen MR) is 170 cm³/mol. The van der Waals surface area contributed by atoms with Crippen molar-refractivity contribution in [3.63, 3.8) is 0 Å². The number of hydrogen-bond acceptors (Lipinski definition) is 3. The number of nitrogens with zero attached hydrogens (tertiary/aromatic N) is 3. The first kappa shape index (κ1) is 25.4. The first-order valence-corrected chi connectivity index (χ1v) is 14.5. The SMILES string of the molecule is CC1(C)c2ccccc2Oc2c1cnc1c2c2ccccc2n1-c1cccc(C(F)c2cccc(-c3ccccn3)c2)c1. The maximum absolute atomic E-state index is 16.2. The third-order valence-corrected chi connectivity index (χ3v) is 8.64. The number of ether oxygens (including phenoxy) is 1.